The third-order valence-electron chi connectivity index (χ3n) is 0.637. The predicted molar refractivity (Wildman–Crippen MR) is 33.1 cm³/mol. The maximum Gasteiger partial charge on any atom is 0.0943 e. The first-order valence-corrected chi connectivity index (χ1v) is 1.81. The van der Waals surface area contributed by atoms with Gasteiger partial charge < -0.3 is 4.57 Å². The van der Waals surface area contributed by atoms with Crippen molar-refractivity contribution in [1.82, 2.24) is 9.55 Å². The van der Waals surface area contributed by atoms with Gasteiger partial charge in [-0.05, 0) is 0 Å². The minimum atomic E-state index is 0. The molecule has 0 aliphatic carbocycles. The van der Waals surface area contributed by atoms with E-state index in [2.05, 4.69) is 4.98 Å². The van der Waals surface area contributed by atoms with Crippen LogP contribution in [0.2, 0.25) is 0 Å². The fraction of sp³-hybridized carbons (Fsp3) is 0.250. The lowest BCUT2D eigenvalue weighted by atomic mass is 10.8. The van der Waals surface area contributed by atoms with Crippen LogP contribution in [0.5, 0.6) is 0 Å². The molecule has 0 aliphatic heterocycles. The Morgan fingerprint density at radius 2 is 2.29 bits per heavy atom. The number of hydrogen-bond donors (Lipinski definition) is 0. The van der Waals surface area contributed by atoms with Gasteiger partial charge in [-0.3, -0.25) is 0 Å². The average Bonchev–Trinajstić information content (AvgIpc) is 1.86. The number of nitrogens with zero attached hydrogens (tertiary/aromatic N) is 2. The Labute approximate surface area is 44.8 Å². The van der Waals surface area contributed by atoms with Crippen LogP contribution in [0.15, 0.2) is 18.7 Å². The van der Waals surface area contributed by atoms with Crippen LogP contribution in [0, 0.1) is 0 Å². The summed E-state index contributed by atoms with van der Waals surface area (Å²) in [6, 6.07) is 0. The highest BCUT2D eigenvalue weighted by Gasteiger charge is 1.69. The van der Waals surface area contributed by atoms with Crippen LogP contribution < -0.4 is 0 Å². The van der Waals surface area contributed by atoms with E-state index in [9.17, 15) is 0 Å². The first-order valence-electron chi connectivity index (χ1n) is 1.81. The molecule has 0 atom stereocenters. The fourth-order valence-corrected chi connectivity index (χ4v) is 0.326. The van der Waals surface area contributed by atoms with E-state index in [4.69, 9.17) is 0 Å². The van der Waals surface area contributed by atoms with Crippen LogP contribution >= 0.6 is 0 Å². The monoisotopic (exact) mass is 96.1 g/mol. The van der Waals surface area contributed by atoms with E-state index in [-0.39, 0.29) is 8.41 Å². The maximum absolute atomic E-state index is 3.78. The van der Waals surface area contributed by atoms with Crippen molar-refractivity contribution < 1.29 is 0 Å². The van der Waals surface area contributed by atoms with Gasteiger partial charge in [0, 0.05) is 19.4 Å². The van der Waals surface area contributed by atoms with Crippen LogP contribution in [0.4, 0.5) is 0 Å². The van der Waals surface area contributed by atoms with Gasteiger partial charge in [0.15, 0.2) is 0 Å². The Balaban J connectivity index is 0.000000360. The van der Waals surface area contributed by atoms with E-state index in [1.54, 1.807) is 12.5 Å². The van der Waals surface area contributed by atoms with Crippen molar-refractivity contribution in [3.63, 3.8) is 0 Å². The molecule has 1 rings (SSSR count). The molecule has 0 N–H and O–H groups in total. The van der Waals surface area contributed by atoms with Gasteiger partial charge in [0.25, 0.3) is 0 Å². The number of hydrogen-bond acceptors (Lipinski definition) is 1. The minimum Gasteiger partial charge on any atom is -0.341 e. The third-order valence-corrected chi connectivity index (χ3v) is 0.637. The molecule has 0 amide bonds. The van der Waals surface area contributed by atoms with Crippen molar-refractivity contribution >= 4 is 8.41 Å². The van der Waals surface area contributed by atoms with Gasteiger partial charge in [-0.25, -0.2) is 4.98 Å². The van der Waals surface area contributed by atoms with Gasteiger partial charge >= 0.3 is 0 Å². The lowest BCUT2D eigenvalue weighted by Gasteiger charge is -1.76. The molecule has 0 fully saturated rings. The van der Waals surface area contributed by atoms with Crippen LogP contribution in [0.25, 0.3) is 0 Å². The summed E-state index contributed by atoms with van der Waals surface area (Å²) in [5.41, 5.74) is 0. The molecule has 2 nitrogen and oxygen atoms in total. The standard InChI is InChI=1S/C4H6N2.BH3/c1-6-3-2-5-4-6;/h2-4H,1H3;1H3. The zero-order valence-electron chi connectivity index (χ0n) is 3.63. The second-order valence-corrected chi connectivity index (χ2v) is 1.23. The molecule has 0 bridgehead atoms. The molecule has 1 heterocycles. The average molecular weight is 95.9 g/mol. The molecule has 0 aliphatic rings. The third kappa shape index (κ3) is 1.44. The molecule has 0 aromatic carbocycles. The Morgan fingerprint density at radius 3 is 2.43 bits per heavy atom. The molecule has 0 saturated heterocycles. The Kier molecular flexibility index (Phi) is 2.19. The molecule has 0 unspecified atom stereocenters. The second-order valence-electron chi connectivity index (χ2n) is 1.23. The number of imidazole rings is 1. The highest BCUT2D eigenvalue weighted by molar-refractivity contribution is 5.75. The van der Waals surface area contributed by atoms with E-state index in [0.29, 0.717) is 0 Å². The van der Waals surface area contributed by atoms with Crippen LogP contribution in [0.3, 0.4) is 0 Å². The molecule has 0 radical (unpaired) electrons. The van der Waals surface area contributed by atoms with Crippen LogP contribution in [-0.4, -0.2) is 18.0 Å². The zero-order valence-corrected chi connectivity index (χ0v) is 3.63. The highest BCUT2D eigenvalue weighted by Crippen LogP contribution is 1.73. The van der Waals surface area contributed by atoms with Gasteiger partial charge in [-0.1, -0.05) is 0 Å². The highest BCUT2D eigenvalue weighted by atomic mass is 15.0. The van der Waals surface area contributed by atoms with Gasteiger partial charge in [0.1, 0.15) is 0 Å². The maximum atomic E-state index is 3.78. The normalized spacial score (nSPS) is 7.57. The van der Waals surface area contributed by atoms with Crippen LogP contribution in [0.1, 0.15) is 0 Å². The van der Waals surface area contributed by atoms with Crippen LogP contribution in [-0.2, 0) is 7.05 Å². The molecule has 0 spiro atoms. The van der Waals surface area contributed by atoms with Crippen molar-refractivity contribution in [2.45, 2.75) is 0 Å². The molecule has 1 aromatic rings. The summed E-state index contributed by atoms with van der Waals surface area (Å²) < 4.78 is 1.89. The molecule has 7 heavy (non-hydrogen) atoms. The summed E-state index contributed by atoms with van der Waals surface area (Å²) in [4.78, 5) is 3.78. The smallest absolute Gasteiger partial charge is 0.0943 e. The SMILES string of the molecule is B.Cn1ccnc1. The quantitative estimate of drug-likeness (QED) is 0.388. The minimum absolute atomic E-state index is 0. The molecular formula is C4H9BN2. The van der Waals surface area contributed by atoms with Crippen molar-refractivity contribution in [2.24, 2.45) is 7.05 Å². The summed E-state index contributed by atoms with van der Waals surface area (Å²) in [7, 11) is 1.94. The van der Waals surface area contributed by atoms with E-state index >= 15 is 0 Å². The van der Waals surface area contributed by atoms with Gasteiger partial charge in [-0.2, -0.15) is 0 Å². The number of aryl methyl sites for hydroxylation is 1. The van der Waals surface area contributed by atoms with Gasteiger partial charge in [0.05, 0.1) is 14.7 Å². The summed E-state index contributed by atoms with van der Waals surface area (Å²) in [5, 5.41) is 0. The molecule has 1 aromatic heterocycles. The van der Waals surface area contributed by atoms with E-state index in [1.165, 1.54) is 0 Å². The van der Waals surface area contributed by atoms with Crippen molar-refractivity contribution in [3.05, 3.63) is 18.7 Å². The van der Waals surface area contributed by atoms with Gasteiger partial charge in [0.2, 0.25) is 0 Å². The van der Waals surface area contributed by atoms with E-state index < -0.39 is 0 Å². The summed E-state index contributed by atoms with van der Waals surface area (Å²) in [6.07, 6.45) is 5.39. The number of rotatable bonds is 0. The fourth-order valence-electron chi connectivity index (χ4n) is 0.326. The topological polar surface area (TPSA) is 17.8 Å². The summed E-state index contributed by atoms with van der Waals surface area (Å²) in [5.74, 6) is 0. The first kappa shape index (κ1) is 6.27. The zero-order chi connectivity index (χ0) is 4.41. The van der Waals surface area contributed by atoms with Crippen molar-refractivity contribution in [1.29, 1.82) is 0 Å². The summed E-state index contributed by atoms with van der Waals surface area (Å²) in [6.45, 7) is 0. The molecule has 0 saturated carbocycles. The number of aromatic nitrogens is 2. The van der Waals surface area contributed by atoms with Crippen molar-refractivity contribution in [3.8, 4) is 0 Å². The molecular weight excluding hydrogens is 86.9 g/mol. The lowest BCUT2D eigenvalue weighted by Crippen LogP contribution is -1.76. The van der Waals surface area contributed by atoms with Crippen molar-refractivity contribution in [2.75, 3.05) is 0 Å². The van der Waals surface area contributed by atoms with Gasteiger partial charge in [-0.15, -0.1) is 0 Å². The second kappa shape index (κ2) is 2.45. The first-order chi connectivity index (χ1) is 2.89. The predicted octanol–water partition coefficient (Wildman–Crippen LogP) is -0.764. The van der Waals surface area contributed by atoms with E-state index in [1.807, 2.05) is 17.8 Å². The van der Waals surface area contributed by atoms with E-state index in [0.717, 1.165) is 0 Å². The molecule has 38 valence electrons. The largest absolute Gasteiger partial charge is 0.341 e. The summed E-state index contributed by atoms with van der Waals surface area (Å²) >= 11 is 0. The molecule has 3 heteroatoms. The Hall–Kier alpha value is -0.725. The Bertz CT molecular complexity index is 113. The Morgan fingerprint density at radius 1 is 1.57 bits per heavy atom. The lowest BCUT2D eigenvalue weighted by molar-refractivity contribution is 0.913.